The zero-order valence-corrected chi connectivity index (χ0v) is 13.2. The van der Waals surface area contributed by atoms with E-state index in [0.717, 1.165) is 42.2 Å². The Kier molecular flexibility index (Phi) is 4.23. The molecular formula is C14H21N5OS. The van der Waals surface area contributed by atoms with Crippen LogP contribution in [0.15, 0.2) is 6.07 Å². The Balaban J connectivity index is 1.97. The molecule has 1 aliphatic rings. The quantitative estimate of drug-likeness (QED) is 0.666. The number of thiophene rings is 1. The number of hydrazine groups is 1. The van der Waals surface area contributed by atoms with Crippen LogP contribution in [0.5, 0.6) is 0 Å². The predicted molar refractivity (Wildman–Crippen MR) is 86.8 cm³/mol. The van der Waals surface area contributed by atoms with Crippen LogP contribution in [-0.4, -0.2) is 36.8 Å². The maximum Gasteiger partial charge on any atom is 0.240 e. The minimum absolute atomic E-state index is 0.480. The SMILES string of the molecule is COCC1CCCN(c2nc(NN)nc3sc(C)cc23)C1. The number of hydrogen-bond acceptors (Lipinski definition) is 7. The van der Waals surface area contributed by atoms with Crippen molar-refractivity contribution < 1.29 is 4.74 Å². The lowest BCUT2D eigenvalue weighted by molar-refractivity contribution is 0.143. The Labute approximate surface area is 128 Å². The van der Waals surface area contributed by atoms with Gasteiger partial charge in [-0.2, -0.15) is 4.98 Å². The van der Waals surface area contributed by atoms with Crippen LogP contribution in [0.2, 0.25) is 0 Å². The first-order chi connectivity index (χ1) is 10.2. The topological polar surface area (TPSA) is 76.3 Å². The van der Waals surface area contributed by atoms with Crippen LogP contribution in [0.4, 0.5) is 11.8 Å². The molecule has 3 rings (SSSR count). The third kappa shape index (κ3) is 2.95. The number of methoxy groups -OCH3 is 1. The summed E-state index contributed by atoms with van der Waals surface area (Å²) in [5, 5.41) is 1.12. The van der Waals surface area contributed by atoms with E-state index in [9.17, 15) is 0 Å². The van der Waals surface area contributed by atoms with Crippen molar-refractivity contribution in [3.8, 4) is 0 Å². The maximum atomic E-state index is 5.51. The average molecular weight is 307 g/mol. The van der Waals surface area contributed by atoms with Crippen molar-refractivity contribution in [2.75, 3.05) is 37.1 Å². The van der Waals surface area contributed by atoms with Crippen LogP contribution < -0.4 is 16.2 Å². The summed E-state index contributed by atoms with van der Waals surface area (Å²) in [5.41, 5.74) is 2.58. The Morgan fingerprint density at radius 1 is 1.52 bits per heavy atom. The van der Waals surface area contributed by atoms with E-state index in [1.165, 1.54) is 11.3 Å². The second-order valence-corrected chi connectivity index (χ2v) is 6.74. The number of piperidine rings is 1. The van der Waals surface area contributed by atoms with E-state index in [1.54, 1.807) is 18.4 Å². The molecule has 1 unspecified atom stereocenters. The number of aryl methyl sites for hydroxylation is 1. The highest BCUT2D eigenvalue weighted by atomic mass is 32.1. The Morgan fingerprint density at radius 2 is 2.38 bits per heavy atom. The zero-order chi connectivity index (χ0) is 14.8. The molecule has 3 N–H and O–H groups in total. The first-order valence-electron chi connectivity index (χ1n) is 7.20. The Bertz CT molecular complexity index is 627. The first-order valence-corrected chi connectivity index (χ1v) is 8.01. The van der Waals surface area contributed by atoms with Crippen LogP contribution in [0.25, 0.3) is 10.2 Å². The molecule has 21 heavy (non-hydrogen) atoms. The smallest absolute Gasteiger partial charge is 0.240 e. The van der Waals surface area contributed by atoms with Crippen molar-refractivity contribution in [2.24, 2.45) is 11.8 Å². The van der Waals surface area contributed by atoms with Gasteiger partial charge in [0.25, 0.3) is 0 Å². The van der Waals surface area contributed by atoms with Crippen molar-refractivity contribution in [3.05, 3.63) is 10.9 Å². The summed E-state index contributed by atoms with van der Waals surface area (Å²) in [6.07, 6.45) is 2.37. The molecular weight excluding hydrogens is 286 g/mol. The Morgan fingerprint density at radius 3 is 3.14 bits per heavy atom. The highest BCUT2D eigenvalue weighted by Gasteiger charge is 2.23. The van der Waals surface area contributed by atoms with E-state index in [-0.39, 0.29) is 0 Å². The molecule has 0 aliphatic carbocycles. The molecule has 0 saturated carbocycles. The van der Waals surface area contributed by atoms with Gasteiger partial charge in [0.2, 0.25) is 5.95 Å². The number of aromatic nitrogens is 2. The summed E-state index contributed by atoms with van der Waals surface area (Å²) in [4.78, 5) is 13.6. The summed E-state index contributed by atoms with van der Waals surface area (Å²) in [6.45, 7) is 4.88. The second-order valence-electron chi connectivity index (χ2n) is 5.50. The summed E-state index contributed by atoms with van der Waals surface area (Å²) < 4.78 is 5.31. The molecule has 0 radical (unpaired) electrons. The van der Waals surface area contributed by atoms with Crippen molar-refractivity contribution >= 4 is 33.3 Å². The van der Waals surface area contributed by atoms with Crippen LogP contribution in [0.1, 0.15) is 17.7 Å². The molecule has 1 saturated heterocycles. The van der Waals surface area contributed by atoms with Crippen molar-refractivity contribution in [1.29, 1.82) is 0 Å². The lowest BCUT2D eigenvalue weighted by Crippen LogP contribution is -2.37. The molecule has 1 atom stereocenters. The van der Waals surface area contributed by atoms with Gasteiger partial charge in [0.05, 0.1) is 12.0 Å². The Hall–Kier alpha value is -1.44. The molecule has 3 heterocycles. The van der Waals surface area contributed by atoms with Crippen molar-refractivity contribution in [1.82, 2.24) is 9.97 Å². The monoisotopic (exact) mass is 307 g/mol. The number of nitrogens with two attached hydrogens (primary N) is 1. The van der Waals surface area contributed by atoms with Gasteiger partial charge in [-0.3, -0.25) is 5.43 Å². The predicted octanol–water partition coefficient (Wildman–Crippen LogP) is 2.15. The van der Waals surface area contributed by atoms with Crippen molar-refractivity contribution in [2.45, 2.75) is 19.8 Å². The number of nitrogens with one attached hydrogen (secondary N) is 1. The van der Waals surface area contributed by atoms with Gasteiger partial charge >= 0.3 is 0 Å². The molecule has 1 aliphatic heterocycles. The largest absolute Gasteiger partial charge is 0.384 e. The van der Waals surface area contributed by atoms with E-state index < -0.39 is 0 Å². The molecule has 2 aromatic rings. The lowest BCUT2D eigenvalue weighted by atomic mass is 9.99. The first kappa shape index (κ1) is 14.5. The summed E-state index contributed by atoms with van der Waals surface area (Å²) in [6, 6.07) is 2.16. The van der Waals surface area contributed by atoms with Gasteiger partial charge in [-0.1, -0.05) is 0 Å². The third-order valence-electron chi connectivity index (χ3n) is 3.85. The van der Waals surface area contributed by atoms with E-state index in [4.69, 9.17) is 10.6 Å². The number of hydrogen-bond donors (Lipinski definition) is 2. The van der Waals surface area contributed by atoms with Crippen LogP contribution >= 0.6 is 11.3 Å². The van der Waals surface area contributed by atoms with Crippen LogP contribution in [0.3, 0.4) is 0 Å². The molecule has 0 amide bonds. The summed E-state index contributed by atoms with van der Waals surface area (Å²) in [7, 11) is 1.76. The highest BCUT2D eigenvalue weighted by Crippen LogP contribution is 2.33. The maximum absolute atomic E-state index is 5.51. The molecule has 1 fully saturated rings. The minimum atomic E-state index is 0.480. The van der Waals surface area contributed by atoms with E-state index in [1.807, 2.05) is 0 Å². The molecule has 0 aromatic carbocycles. The molecule has 6 nitrogen and oxygen atoms in total. The fraction of sp³-hybridized carbons (Fsp3) is 0.571. The van der Waals surface area contributed by atoms with Gasteiger partial charge in [0.15, 0.2) is 0 Å². The lowest BCUT2D eigenvalue weighted by Gasteiger charge is -2.33. The highest BCUT2D eigenvalue weighted by molar-refractivity contribution is 7.18. The van der Waals surface area contributed by atoms with Gasteiger partial charge < -0.3 is 9.64 Å². The fourth-order valence-electron chi connectivity index (χ4n) is 2.96. The second kappa shape index (κ2) is 6.13. The minimum Gasteiger partial charge on any atom is -0.384 e. The average Bonchev–Trinajstić information content (AvgIpc) is 2.86. The molecule has 0 bridgehead atoms. The molecule has 0 spiro atoms. The molecule has 7 heteroatoms. The van der Waals surface area contributed by atoms with Crippen LogP contribution in [0, 0.1) is 12.8 Å². The summed E-state index contributed by atoms with van der Waals surface area (Å²) >= 11 is 1.67. The molecule has 2 aromatic heterocycles. The molecule has 114 valence electrons. The number of ether oxygens (including phenoxy) is 1. The van der Waals surface area contributed by atoms with Crippen LogP contribution in [-0.2, 0) is 4.74 Å². The number of fused-ring (bicyclic) bond motifs is 1. The third-order valence-corrected chi connectivity index (χ3v) is 4.79. The zero-order valence-electron chi connectivity index (χ0n) is 12.4. The normalized spacial score (nSPS) is 19.2. The van der Waals surface area contributed by atoms with Gasteiger partial charge in [-0.05, 0) is 31.7 Å². The summed E-state index contributed by atoms with van der Waals surface area (Å²) in [5.74, 6) is 7.53. The van der Waals surface area contributed by atoms with Crippen molar-refractivity contribution in [3.63, 3.8) is 0 Å². The number of anilines is 2. The number of nitrogens with zero attached hydrogens (tertiary/aromatic N) is 3. The van der Waals surface area contributed by atoms with E-state index in [0.29, 0.717) is 11.9 Å². The van der Waals surface area contributed by atoms with Gasteiger partial charge in [0.1, 0.15) is 10.6 Å². The fourth-order valence-corrected chi connectivity index (χ4v) is 3.84. The van der Waals surface area contributed by atoms with Gasteiger partial charge in [-0.15, -0.1) is 11.3 Å². The standard InChI is InChI=1S/C14H21N5OS/c1-9-6-11-12(16-14(18-15)17-13(11)21-9)19-5-3-4-10(7-19)8-20-2/h6,10H,3-5,7-8,15H2,1-2H3,(H,16,17,18). The van der Waals surface area contributed by atoms with Gasteiger partial charge in [-0.25, -0.2) is 10.8 Å². The van der Waals surface area contributed by atoms with E-state index in [2.05, 4.69) is 33.3 Å². The van der Waals surface area contributed by atoms with E-state index >= 15 is 0 Å². The van der Waals surface area contributed by atoms with Gasteiger partial charge in [0, 0.05) is 25.1 Å². The number of nitrogen functional groups attached to an aromatic ring is 1. The number of rotatable bonds is 4.